The first kappa shape index (κ1) is 21.4. The van der Waals surface area contributed by atoms with E-state index >= 15 is 0 Å². The average Bonchev–Trinajstić information content (AvgIpc) is 1.98. The molecular weight excluding hydrogens is 302 g/mol. The number of aliphatic carboxylic acids is 3. The summed E-state index contributed by atoms with van der Waals surface area (Å²) in [6.07, 6.45) is -2.72. The number of nitrogens with zero attached hydrogens (tertiary/aromatic N) is 1. The predicted octanol–water partition coefficient (Wildman–Crippen LogP) is -5.49. The van der Waals surface area contributed by atoms with Crippen LogP contribution >= 0.6 is 0 Å². The second-order valence-corrected chi connectivity index (χ2v) is 2.64. The minimum atomic E-state index is -2.97. The Morgan fingerprint density at radius 3 is 1.33 bits per heavy atom. The maximum atomic E-state index is 10.1. The summed E-state index contributed by atoms with van der Waals surface area (Å²) in [6.45, 7) is 0. The molecule has 0 bridgehead atoms. The van der Waals surface area contributed by atoms with Crippen LogP contribution in [-0.4, -0.2) is 33.7 Å². The molecule has 0 radical (unpaired) electrons. The Morgan fingerprint density at radius 1 is 1.00 bits per heavy atom. The van der Waals surface area contributed by atoms with E-state index in [-0.39, 0.29) is 17.1 Å². The van der Waals surface area contributed by atoms with Gasteiger partial charge in [0.1, 0.15) is 5.60 Å². The predicted molar refractivity (Wildman–Crippen MR) is 39.6 cm³/mol. The van der Waals surface area contributed by atoms with E-state index in [2.05, 4.69) is 0 Å². The van der Waals surface area contributed by atoms with Gasteiger partial charge in [-0.15, -0.1) is 0 Å². The number of hydrogen-bond acceptors (Lipinski definition) is 10. The molecule has 0 atom stereocenters. The van der Waals surface area contributed by atoms with Crippen molar-refractivity contribution in [2.24, 2.45) is 0 Å². The molecule has 0 saturated carbocycles. The second kappa shape index (κ2) is 9.15. The molecule has 0 fully saturated rings. The molecule has 0 aliphatic carbocycles. The summed E-state index contributed by atoms with van der Waals surface area (Å²) in [5.74, 6) is -5.98. The SMILES string of the molecule is O=C([O-])CC(O)(CC(=O)[O-])C(=O)[O-].O=[N+]([O-])[O-].[Fe+4]. The Kier molecular flexibility index (Phi) is 10.9. The van der Waals surface area contributed by atoms with Crippen molar-refractivity contribution in [3.05, 3.63) is 15.3 Å². The molecule has 0 aromatic rings. The molecule has 0 unspecified atom stereocenters. The van der Waals surface area contributed by atoms with Crippen LogP contribution in [0.25, 0.3) is 0 Å². The molecule has 102 valence electrons. The van der Waals surface area contributed by atoms with Gasteiger partial charge in [0.15, 0.2) is 0 Å². The van der Waals surface area contributed by atoms with E-state index in [1.54, 1.807) is 0 Å². The van der Waals surface area contributed by atoms with Gasteiger partial charge in [-0.1, -0.05) is 0 Å². The van der Waals surface area contributed by atoms with Crippen molar-refractivity contribution in [3.8, 4) is 0 Å². The van der Waals surface area contributed by atoms with Crippen molar-refractivity contribution < 1.29 is 57.0 Å². The summed E-state index contributed by atoms with van der Waals surface area (Å²) in [6, 6.07) is 0. The topological polar surface area (TPSA) is 207 Å². The molecule has 0 amide bonds. The Labute approximate surface area is 109 Å². The van der Waals surface area contributed by atoms with Crippen LogP contribution in [-0.2, 0) is 31.5 Å². The number of carboxylic acids is 3. The fraction of sp³-hybridized carbons (Fsp3) is 0.500. The van der Waals surface area contributed by atoms with E-state index in [9.17, 15) is 29.7 Å². The summed E-state index contributed by atoms with van der Waals surface area (Å²) < 4.78 is 0. The quantitative estimate of drug-likeness (QED) is 0.289. The summed E-state index contributed by atoms with van der Waals surface area (Å²) in [4.78, 5) is 38.2. The molecule has 0 heterocycles. The van der Waals surface area contributed by atoms with Gasteiger partial charge >= 0.3 is 17.1 Å². The number of carbonyl (C=O) groups excluding carboxylic acids is 3. The van der Waals surface area contributed by atoms with Gasteiger partial charge < -0.3 is 50.1 Å². The summed E-state index contributed by atoms with van der Waals surface area (Å²) in [7, 11) is 0. The second-order valence-electron chi connectivity index (χ2n) is 2.64. The largest absolute Gasteiger partial charge is 4.00 e. The van der Waals surface area contributed by atoms with Gasteiger partial charge in [-0.3, -0.25) is 0 Å². The third-order valence-corrected chi connectivity index (χ3v) is 1.25. The van der Waals surface area contributed by atoms with Crippen LogP contribution in [0.1, 0.15) is 12.8 Å². The molecule has 0 rings (SSSR count). The third-order valence-electron chi connectivity index (χ3n) is 1.25. The van der Waals surface area contributed by atoms with Crippen LogP contribution < -0.4 is 15.3 Å². The smallest absolute Gasteiger partial charge is 0.550 e. The van der Waals surface area contributed by atoms with E-state index in [1.165, 1.54) is 0 Å². The summed E-state index contributed by atoms with van der Waals surface area (Å²) in [5, 5.41) is 53.7. The van der Waals surface area contributed by atoms with E-state index in [1.807, 2.05) is 0 Å². The van der Waals surface area contributed by atoms with Gasteiger partial charge in [0.05, 0.1) is 11.1 Å². The Bertz CT molecular complexity index is 308. The first-order valence-corrected chi connectivity index (χ1v) is 3.66. The summed E-state index contributed by atoms with van der Waals surface area (Å²) in [5.41, 5.74) is -2.97. The molecule has 12 heteroatoms. The maximum absolute atomic E-state index is 10.1. The van der Waals surface area contributed by atoms with Gasteiger partial charge in [0.25, 0.3) is 0 Å². The zero-order valence-electron chi connectivity index (χ0n) is 8.34. The minimum absolute atomic E-state index is 0. The third kappa shape index (κ3) is 12.2. The van der Waals surface area contributed by atoms with Gasteiger partial charge in [0, 0.05) is 24.8 Å². The fourth-order valence-corrected chi connectivity index (χ4v) is 0.684. The van der Waals surface area contributed by atoms with Crippen molar-refractivity contribution in [1.29, 1.82) is 0 Å². The van der Waals surface area contributed by atoms with Crippen LogP contribution in [0.3, 0.4) is 0 Å². The molecule has 0 spiro atoms. The van der Waals surface area contributed by atoms with Crippen LogP contribution in [0, 0.1) is 15.3 Å². The number of hydrogen-bond donors (Lipinski definition) is 1. The van der Waals surface area contributed by atoms with Crippen LogP contribution in [0.2, 0.25) is 0 Å². The van der Waals surface area contributed by atoms with Gasteiger partial charge in [0.2, 0.25) is 0 Å². The molecular formula is C6H5FeNO10. The minimum Gasteiger partial charge on any atom is -0.550 e. The summed E-state index contributed by atoms with van der Waals surface area (Å²) >= 11 is 0. The Morgan fingerprint density at radius 2 is 1.22 bits per heavy atom. The van der Waals surface area contributed by atoms with E-state index < -0.39 is 41.4 Å². The number of rotatable bonds is 5. The van der Waals surface area contributed by atoms with E-state index in [0.717, 1.165) is 0 Å². The van der Waals surface area contributed by atoms with E-state index in [0.29, 0.717) is 0 Å². The van der Waals surface area contributed by atoms with E-state index in [4.69, 9.17) is 20.4 Å². The van der Waals surface area contributed by atoms with Crippen molar-refractivity contribution >= 4 is 17.9 Å². The van der Waals surface area contributed by atoms with Crippen molar-refractivity contribution in [1.82, 2.24) is 0 Å². The van der Waals surface area contributed by atoms with Gasteiger partial charge in [-0.2, -0.15) is 0 Å². The Hall–Kier alpha value is -1.91. The molecule has 11 nitrogen and oxygen atoms in total. The van der Waals surface area contributed by atoms with Crippen molar-refractivity contribution in [3.63, 3.8) is 0 Å². The number of carboxylic acid groups (broad SMARTS) is 3. The van der Waals surface area contributed by atoms with Gasteiger partial charge in [-0.05, 0) is 0 Å². The average molecular weight is 307 g/mol. The molecule has 0 aromatic heterocycles. The van der Waals surface area contributed by atoms with Crippen molar-refractivity contribution in [2.75, 3.05) is 0 Å². The fourth-order valence-electron chi connectivity index (χ4n) is 0.684. The first-order chi connectivity index (χ1) is 7.51. The molecule has 0 aromatic carbocycles. The molecule has 18 heavy (non-hydrogen) atoms. The van der Waals surface area contributed by atoms with Crippen LogP contribution in [0.4, 0.5) is 0 Å². The first-order valence-electron chi connectivity index (χ1n) is 3.66. The monoisotopic (exact) mass is 307 g/mol. The molecule has 0 saturated heterocycles. The number of carbonyl (C=O) groups is 3. The van der Waals surface area contributed by atoms with Crippen molar-refractivity contribution in [2.45, 2.75) is 18.4 Å². The maximum Gasteiger partial charge on any atom is 4.00 e. The zero-order chi connectivity index (χ0) is 14.2. The zero-order valence-corrected chi connectivity index (χ0v) is 9.44. The molecule has 0 aliphatic rings. The molecule has 1 N–H and O–H groups in total. The standard InChI is InChI=1S/C6H8O7.Fe.NO3/c7-3(8)1-6(13,5(11)12)2-4(9)10;;2-1(3)4/h13H,1-2H2,(H,7,8)(H,9,10)(H,11,12);;/q;+4;-1/p-3. The number of aliphatic hydroxyl groups is 1. The van der Waals surface area contributed by atoms with Crippen LogP contribution in [0.5, 0.6) is 0 Å². The van der Waals surface area contributed by atoms with Crippen LogP contribution in [0.15, 0.2) is 0 Å². The normalized spacial score (nSPS) is 9.17. The molecule has 0 aliphatic heterocycles. The van der Waals surface area contributed by atoms with Gasteiger partial charge in [-0.25, -0.2) is 0 Å². The Balaban J connectivity index is -0.000000392.